The number of carbonyl (C=O) groups is 7. The van der Waals surface area contributed by atoms with E-state index in [2.05, 4.69) is 46.9 Å². The Labute approximate surface area is 617 Å². The van der Waals surface area contributed by atoms with E-state index in [4.69, 9.17) is 57.7 Å². The SMILES string of the molecule is CN[C@@H]1[C@H](C)OC(NC(=O)c2csc(-c3nc4c(cc3O)-c3nc(cs3)C(=O)NC(C(C)O)C(=O)N/C(=C(\C)OC)c3nc(cs3)C(=O)NC3c5nc(cs5)C(=O)NC(COC(=O)c5c6c7c(cccc7n5OC)COC(=O)C(OC5CC7(C)OCN(C)C7C(C)O5)C3OC6)c3nc-4cs3)n2)C[C@]1(C)O. The monoisotopic (exact) mass is 1540 g/mol. The summed E-state index contributed by atoms with van der Waals surface area (Å²) in [6, 6.07) is 1.19. The zero-order valence-corrected chi connectivity index (χ0v) is 61.9. The maximum atomic E-state index is 15.4. The number of pyridine rings is 1. The summed E-state index contributed by atoms with van der Waals surface area (Å²) >= 11 is 4.76. The first-order valence-electron chi connectivity index (χ1n) is 33.1. The molecule has 8 aromatic rings. The number of esters is 2. The Morgan fingerprint density at radius 3 is 2.24 bits per heavy atom. The molecule has 554 valence electrons. The number of nitrogens with zero attached hydrogens (tertiary/aromatic N) is 8. The molecule has 105 heavy (non-hydrogen) atoms. The van der Waals surface area contributed by atoms with Crippen LogP contribution in [0.3, 0.4) is 0 Å². The molecule has 5 amide bonds. The minimum atomic E-state index is -1.81. The highest BCUT2D eigenvalue weighted by Crippen LogP contribution is 2.45. The summed E-state index contributed by atoms with van der Waals surface area (Å²) in [5.41, 5.74) is -2.04. The van der Waals surface area contributed by atoms with E-state index < -0.39 is 139 Å². The topological polar surface area (TPSA) is 421 Å². The molecule has 38 heteroatoms. The quantitative estimate of drug-likeness (QED) is 0.0706. The molecule has 3 saturated heterocycles. The molecule has 14 rings (SSSR count). The number of amides is 5. The molecule has 3 fully saturated rings. The van der Waals surface area contributed by atoms with E-state index in [0.717, 1.165) is 56.7 Å². The van der Waals surface area contributed by atoms with Crippen LogP contribution in [-0.2, 0) is 60.7 Å². The number of methoxy groups -OCH3 is 1. The Hall–Kier alpha value is -8.87. The van der Waals surface area contributed by atoms with Crippen LogP contribution in [0.5, 0.6) is 5.75 Å². The summed E-state index contributed by atoms with van der Waals surface area (Å²) in [6.45, 7) is 8.76. The first-order chi connectivity index (χ1) is 50.2. The van der Waals surface area contributed by atoms with Crippen molar-refractivity contribution in [3.63, 3.8) is 0 Å². The van der Waals surface area contributed by atoms with Crippen LogP contribution < -0.4 is 36.7 Å². The minimum absolute atomic E-state index is 0.00517. The molecule has 0 saturated carbocycles. The van der Waals surface area contributed by atoms with Gasteiger partial charge in [0.25, 0.3) is 23.6 Å². The lowest BCUT2D eigenvalue weighted by molar-refractivity contribution is -0.268. The zero-order chi connectivity index (χ0) is 74.2. The highest BCUT2D eigenvalue weighted by atomic mass is 32.1. The average Bonchev–Trinajstić information content (AvgIpc) is 1.63. The smallest absolute Gasteiger partial charge is 0.358 e. The third-order valence-corrected chi connectivity index (χ3v) is 23.6. The van der Waals surface area contributed by atoms with E-state index in [1.54, 1.807) is 44.5 Å². The predicted molar refractivity (Wildman–Crippen MR) is 377 cm³/mol. The van der Waals surface area contributed by atoms with E-state index >= 15 is 19.2 Å². The van der Waals surface area contributed by atoms with Gasteiger partial charge in [0.1, 0.15) is 133 Å². The molecule has 0 spiro atoms. The Morgan fingerprint density at radius 2 is 1.50 bits per heavy atom. The Kier molecular flexibility index (Phi) is 20.3. The van der Waals surface area contributed by atoms with Crippen molar-refractivity contribution in [3.05, 3.63) is 112 Å². The standard InChI is InChI=1S/C67H72N14O19S5/c1-26(82)44-58(88)78-45(27(2)92-9)61-72-38(24-103-61)57(87)79-48-50-51(100-42-16-67(6)53(29(4)99-42)80(8)25-97-67)65(90)95-17-30-12-11-13-39-43(30)32(18-94-50)49(81(39)93-10)64(89)96-19-33(69-54(84)35-22-105-63(48)74-35)60-70-34(20-102-60)46-31(59-71-37(21-101-59)56(86)77-44)14-40(83)47(76-46)62-73-36(23-104-62)55(85)75-41-15-66(5,91)52(68-7)28(3)98-41/h11-14,20-24,26,28-29,33,41-42,44,48,50-53,68,82-83,91H,15-19,25H2,1-10H3,(H,69,84)(H,75,85)(H,77,86)(H,78,88)(H,79,87)/b45-27+/t26?,28-,29?,33?,41?,42?,44?,48?,50?,51?,52+,53?,66-,67?/m0/s1. The van der Waals surface area contributed by atoms with Crippen LogP contribution in [0.2, 0.25) is 0 Å². The van der Waals surface area contributed by atoms with Crippen molar-refractivity contribution < 1.29 is 91.6 Å². The number of benzene rings is 1. The van der Waals surface area contributed by atoms with Crippen molar-refractivity contribution >= 4 is 115 Å². The normalized spacial score (nSPS) is 28.4. The first-order valence-corrected chi connectivity index (χ1v) is 37.5. The van der Waals surface area contributed by atoms with Crippen LogP contribution in [-0.4, -0.2) is 210 Å². The second-order valence-electron chi connectivity index (χ2n) is 26.3. The van der Waals surface area contributed by atoms with Crippen molar-refractivity contribution in [1.29, 1.82) is 0 Å². The van der Waals surface area contributed by atoms with Gasteiger partial charge in [0.15, 0.2) is 18.1 Å². The molecule has 11 unspecified atom stereocenters. The number of rotatable bonds is 9. The summed E-state index contributed by atoms with van der Waals surface area (Å²) in [5.74, 6) is -6.53. The Bertz CT molecular complexity index is 4790. The number of nitrogens with one attached hydrogen (secondary N) is 6. The largest absolute Gasteiger partial charge is 0.506 e. The molecule has 1 aromatic carbocycles. The summed E-state index contributed by atoms with van der Waals surface area (Å²) in [5, 5.41) is 59.5. The number of aliphatic hydroxyl groups is 2. The van der Waals surface area contributed by atoms with E-state index in [9.17, 15) is 29.7 Å². The number of hydrogen-bond donors (Lipinski definition) is 9. The molecule has 33 nitrogen and oxygen atoms in total. The third kappa shape index (κ3) is 14.0. The van der Waals surface area contributed by atoms with Gasteiger partial charge in [0.2, 0.25) is 5.91 Å². The third-order valence-electron chi connectivity index (χ3n) is 19.1. The van der Waals surface area contributed by atoms with Gasteiger partial charge in [-0.3, -0.25) is 28.9 Å². The minimum Gasteiger partial charge on any atom is -0.506 e. The van der Waals surface area contributed by atoms with E-state index in [-0.39, 0.29) is 125 Å². The lowest BCUT2D eigenvalue weighted by Crippen LogP contribution is -2.62. The number of carbonyl (C=O) groups excluding carboxylic acids is 7. The number of thiazole rings is 5. The van der Waals surface area contributed by atoms with Gasteiger partial charge < -0.3 is 90.0 Å². The second-order valence-corrected chi connectivity index (χ2v) is 30.7. The van der Waals surface area contributed by atoms with Gasteiger partial charge in [-0.2, -0.15) is 4.73 Å². The molecule has 6 aliphatic rings. The van der Waals surface area contributed by atoms with E-state index in [1.165, 1.54) is 60.4 Å². The summed E-state index contributed by atoms with van der Waals surface area (Å²) < 4.78 is 52.2. The highest BCUT2D eigenvalue weighted by Gasteiger charge is 2.55. The number of cyclic esters (lactones) is 2. The van der Waals surface area contributed by atoms with Gasteiger partial charge in [-0.1, -0.05) is 12.1 Å². The number of aromatic hydroxyl groups is 1. The molecule has 0 radical (unpaired) electrons. The van der Waals surface area contributed by atoms with Crippen LogP contribution in [0.1, 0.15) is 145 Å². The molecule has 6 aliphatic heterocycles. The number of hydrogen-bond acceptors (Lipinski definition) is 32. The van der Waals surface area contributed by atoms with Crippen molar-refractivity contribution in [2.75, 3.05) is 41.7 Å². The summed E-state index contributed by atoms with van der Waals surface area (Å²) in [7, 11) is 6.27. The van der Waals surface area contributed by atoms with Crippen molar-refractivity contribution in [2.45, 2.75) is 152 Å². The summed E-state index contributed by atoms with van der Waals surface area (Å²) in [6.07, 6.45) is -7.96. The number of aliphatic hydroxyl groups excluding tert-OH is 1. The molecule has 12 bridgehead atoms. The number of ether oxygens (including phenoxy) is 8. The van der Waals surface area contributed by atoms with Crippen LogP contribution in [0.4, 0.5) is 0 Å². The number of likely N-dealkylation sites (N-methyl/N-ethyl adjacent to an activating group) is 2. The molecule has 0 aliphatic carbocycles. The highest BCUT2D eigenvalue weighted by molar-refractivity contribution is 7.14. The molecular weight excluding hydrogens is 1470 g/mol. The van der Waals surface area contributed by atoms with Gasteiger partial charge in [0, 0.05) is 56.3 Å². The van der Waals surface area contributed by atoms with Crippen LogP contribution in [0.25, 0.3) is 49.3 Å². The Balaban J connectivity index is 0.917. The zero-order valence-electron chi connectivity index (χ0n) is 57.9. The van der Waals surface area contributed by atoms with Gasteiger partial charge >= 0.3 is 11.9 Å². The fourth-order valence-corrected chi connectivity index (χ4v) is 18.4. The van der Waals surface area contributed by atoms with Crippen molar-refractivity contribution in [3.8, 4) is 38.4 Å². The van der Waals surface area contributed by atoms with Gasteiger partial charge in [0.05, 0.1) is 67.6 Å². The lowest BCUT2D eigenvalue weighted by atomic mass is 9.86. The molecule has 14 atom stereocenters. The maximum absolute atomic E-state index is 15.4. The van der Waals surface area contributed by atoms with Crippen molar-refractivity contribution in [1.82, 2.24) is 71.4 Å². The molecule has 7 aromatic heterocycles. The molecule has 9 N–H and O–H groups in total. The molecular formula is C67H72N14O19S5. The Morgan fingerprint density at radius 1 is 0.800 bits per heavy atom. The number of aromatic nitrogens is 7. The average molecular weight is 1540 g/mol. The van der Waals surface area contributed by atoms with Crippen LogP contribution >= 0.6 is 56.7 Å². The van der Waals surface area contributed by atoms with Gasteiger partial charge in [-0.05, 0) is 73.3 Å². The van der Waals surface area contributed by atoms with Gasteiger partial charge in [-0.15, -0.1) is 56.7 Å². The number of allylic oxidation sites excluding steroid dienone is 1. The number of fused-ring (bicyclic) bond motifs is 16. The second kappa shape index (κ2) is 29.1. The van der Waals surface area contributed by atoms with E-state index in [0.29, 0.717) is 16.5 Å². The predicted octanol–water partition coefficient (Wildman–Crippen LogP) is 4.55. The van der Waals surface area contributed by atoms with E-state index in [1.807, 2.05) is 25.8 Å². The van der Waals surface area contributed by atoms with Crippen molar-refractivity contribution in [2.24, 2.45) is 0 Å². The van der Waals surface area contributed by atoms with Crippen LogP contribution in [0.15, 0.2) is 56.9 Å². The fourth-order valence-electron chi connectivity index (χ4n) is 14.2. The molecule has 13 heterocycles. The first kappa shape index (κ1) is 73.0. The maximum Gasteiger partial charge on any atom is 0.358 e. The summed E-state index contributed by atoms with van der Waals surface area (Å²) in [4.78, 5) is 141. The van der Waals surface area contributed by atoms with Crippen LogP contribution in [0, 0.1) is 0 Å². The lowest BCUT2D eigenvalue weighted by Gasteiger charge is -2.45. The fraction of sp³-hybridized carbons (Fsp3) is 0.448. The van der Waals surface area contributed by atoms with Gasteiger partial charge in [-0.25, -0.2) is 39.5 Å².